The third kappa shape index (κ3) is 6.97. The Bertz CT molecular complexity index is 1270. The normalized spacial score (nSPS) is 23.3. The molecule has 2 aliphatic heterocycles. The summed E-state index contributed by atoms with van der Waals surface area (Å²) in [5, 5.41) is 16.1. The summed E-state index contributed by atoms with van der Waals surface area (Å²) in [5.74, 6) is 1.12. The van der Waals surface area contributed by atoms with Crippen molar-refractivity contribution in [2.75, 3.05) is 29.9 Å². The number of benzene rings is 1. The molecule has 3 heterocycles. The molecule has 2 atom stereocenters. The molecule has 5 rings (SSSR count). The standard InChI is InChI=1S/C33H47N7O2/c1-23-27(37-31(41)42-32(2,3)4)11-8-18-40(23)29-22-35-28(21-34)30(38-29)36-25-14-12-24(13-15-25)33(5)16-19-39(20-17-33)26-9-6-7-10-26/h12-15,22-23,26-27H,6-11,16-20H2,1-5H3,(H,36,38)(H,37,41)/t23-,27-/m1/s1. The lowest BCUT2D eigenvalue weighted by molar-refractivity contribution is 0.0489. The highest BCUT2D eigenvalue weighted by molar-refractivity contribution is 5.68. The van der Waals surface area contributed by atoms with E-state index in [2.05, 4.69) is 69.6 Å². The molecule has 9 heteroatoms. The second kappa shape index (κ2) is 12.5. The van der Waals surface area contributed by atoms with E-state index in [1.54, 1.807) is 6.20 Å². The van der Waals surface area contributed by atoms with E-state index >= 15 is 0 Å². The first-order chi connectivity index (χ1) is 20.0. The molecule has 1 amide bonds. The van der Waals surface area contributed by atoms with Gasteiger partial charge in [-0.05, 0) is 102 Å². The van der Waals surface area contributed by atoms with Crippen LogP contribution in [0.1, 0.15) is 97.2 Å². The van der Waals surface area contributed by atoms with Crippen LogP contribution in [0.15, 0.2) is 30.5 Å². The lowest BCUT2D eigenvalue weighted by Crippen LogP contribution is -2.55. The number of likely N-dealkylation sites (tertiary alicyclic amines) is 1. The molecule has 2 saturated heterocycles. The smallest absolute Gasteiger partial charge is 0.407 e. The molecule has 0 bridgehead atoms. The van der Waals surface area contributed by atoms with Gasteiger partial charge in [-0.2, -0.15) is 5.26 Å². The van der Waals surface area contributed by atoms with E-state index in [4.69, 9.17) is 9.72 Å². The summed E-state index contributed by atoms with van der Waals surface area (Å²) in [4.78, 5) is 26.6. The minimum Gasteiger partial charge on any atom is -0.444 e. The summed E-state index contributed by atoms with van der Waals surface area (Å²) < 4.78 is 5.48. The Balaban J connectivity index is 1.25. The Kier molecular flexibility index (Phi) is 8.93. The molecule has 1 saturated carbocycles. The van der Waals surface area contributed by atoms with Crippen LogP contribution in [-0.4, -0.2) is 64.3 Å². The summed E-state index contributed by atoms with van der Waals surface area (Å²) >= 11 is 0. The zero-order chi connectivity index (χ0) is 29.9. The summed E-state index contributed by atoms with van der Waals surface area (Å²) in [6.45, 7) is 13.2. The Morgan fingerprint density at radius 3 is 2.40 bits per heavy atom. The highest BCUT2D eigenvalue weighted by atomic mass is 16.6. The van der Waals surface area contributed by atoms with Crippen molar-refractivity contribution in [1.82, 2.24) is 20.2 Å². The van der Waals surface area contributed by atoms with Crippen LogP contribution in [-0.2, 0) is 10.2 Å². The molecule has 226 valence electrons. The molecular formula is C33H47N7O2. The predicted octanol–water partition coefficient (Wildman–Crippen LogP) is 6.27. The summed E-state index contributed by atoms with van der Waals surface area (Å²) in [7, 11) is 0. The highest BCUT2D eigenvalue weighted by Gasteiger charge is 2.35. The number of rotatable bonds is 6. The fourth-order valence-electron chi connectivity index (χ4n) is 6.84. The van der Waals surface area contributed by atoms with Gasteiger partial charge in [0.05, 0.1) is 12.2 Å². The largest absolute Gasteiger partial charge is 0.444 e. The van der Waals surface area contributed by atoms with Crippen molar-refractivity contribution < 1.29 is 9.53 Å². The number of ether oxygens (including phenoxy) is 1. The topological polar surface area (TPSA) is 106 Å². The number of hydrogen-bond donors (Lipinski definition) is 2. The molecule has 42 heavy (non-hydrogen) atoms. The summed E-state index contributed by atoms with van der Waals surface area (Å²) in [6.07, 6.45) is 10.9. The first-order valence-corrected chi connectivity index (χ1v) is 15.7. The monoisotopic (exact) mass is 573 g/mol. The van der Waals surface area contributed by atoms with Gasteiger partial charge in [0, 0.05) is 24.3 Å². The van der Waals surface area contributed by atoms with Crippen LogP contribution in [0.2, 0.25) is 0 Å². The predicted molar refractivity (Wildman–Crippen MR) is 166 cm³/mol. The quantitative estimate of drug-likeness (QED) is 0.417. The molecule has 0 unspecified atom stereocenters. The van der Waals surface area contributed by atoms with Crippen LogP contribution < -0.4 is 15.5 Å². The Labute approximate surface area is 251 Å². The molecule has 9 nitrogen and oxygen atoms in total. The van der Waals surface area contributed by atoms with Crippen molar-refractivity contribution in [3.8, 4) is 6.07 Å². The lowest BCUT2D eigenvalue weighted by atomic mass is 9.74. The van der Waals surface area contributed by atoms with Crippen LogP contribution in [0.3, 0.4) is 0 Å². The molecule has 1 aromatic carbocycles. The minimum atomic E-state index is -0.552. The lowest BCUT2D eigenvalue weighted by Gasteiger charge is -2.42. The van der Waals surface area contributed by atoms with Crippen LogP contribution in [0, 0.1) is 11.3 Å². The van der Waals surface area contributed by atoms with Crippen LogP contribution in [0.25, 0.3) is 0 Å². The molecule has 0 radical (unpaired) electrons. The Morgan fingerprint density at radius 2 is 1.76 bits per heavy atom. The zero-order valence-corrected chi connectivity index (χ0v) is 25.9. The second-order valence-corrected chi connectivity index (χ2v) is 13.6. The van der Waals surface area contributed by atoms with E-state index in [0.29, 0.717) is 11.6 Å². The van der Waals surface area contributed by atoms with Gasteiger partial charge in [-0.15, -0.1) is 0 Å². The first kappa shape index (κ1) is 30.1. The number of piperidine rings is 2. The van der Waals surface area contributed by atoms with Gasteiger partial charge in [0.1, 0.15) is 17.5 Å². The van der Waals surface area contributed by atoms with Crippen molar-refractivity contribution in [2.45, 2.75) is 115 Å². The Morgan fingerprint density at radius 1 is 1.07 bits per heavy atom. The van der Waals surface area contributed by atoms with Crippen molar-refractivity contribution in [3.63, 3.8) is 0 Å². The SMILES string of the molecule is C[C@@H]1[C@H](NC(=O)OC(C)(C)C)CCCN1c1cnc(C#N)c(Nc2ccc(C3(C)CCN(C4CCCC4)CC3)cc2)n1. The van der Waals surface area contributed by atoms with Crippen LogP contribution >= 0.6 is 0 Å². The summed E-state index contributed by atoms with van der Waals surface area (Å²) in [5.41, 5.74) is 2.13. The van der Waals surface area contributed by atoms with Gasteiger partial charge in [-0.25, -0.2) is 14.8 Å². The van der Waals surface area contributed by atoms with Gasteiger partial charge in [-0.1, -0.05) is 31.9 Å². The van der Waals surface area contributed by atoms with E-state index < -0.39 is 11.7 Å². The average molecular weight is 574 g/mol. The minimum absolute atomic E-state index is 0.0125. The fourth-order valence-corrected chi connectivity index (χ4v) is 6.84. The van der Waals surface area contributed by atoms with Gasteiger partial charge in [-0.3, -0.25) is 0 Å². The van der Waals surface area contributed by atoms with Crippen molar-refractivity contribution >= 4 is 23.4 Å². The van der Waals surface area contributed by atoms with Crippen molar-refractivity contribution in [2.24, 2.45) is 0 Å². The number of nitriles is 1. The maximum atomic E-state index is 12.4. The van der Waals surface area contributed by atoms with E-state index in [1.165, 1.54) is 57.2 Å². The van der Waals surface area contributed by atoms with E-state index in [0.717, 1.165) is 31.1 Å². The molecular weight excluding hydrogens is 526 g/mol. The maximum Gasteiger partial charge on any atom is 0.407 e. The maximum absolute atomic E-state index is 12.4. The molecule has 2 aromatic rings. The van der Waals surface area contributed by atoms with E-state index in [-0.39, 0.29) is 23.2 Å². The fraction of sp³-hybridized carbons (Fsp3) is 0.636. The zero-order valence-electron chi connectivity index (χ0n) is 25.9. The average Bonchev–Trinajstić information content (AvgIpc) is 3.49. The van der Waals surface area contributed by atoms with E-state index in [9.17, 15) is 10.1 Å². The molecule has 3 aliphatic rings. The number of carbonyl (C=O) groups is 1. The molecule has 1 aromatic heterocycles. The van der Waals surface area contributed by atoms with Gasteiger partial charge in [0.15, 0.2) is 11.5 Å². The number of carbonyl (C=O) groups excluding carboxylic acids is 1. The van der Waals surface area contributed by atoms with Gasteiger partial charge in [0.25, 0.3) is 0 Å². The number of amides is 1. The second-order valence-electron chi connectivity index (χ2n) is 13.6. The number of alkyl carbamates (subject to hydrolysis) is 1. The van der Waals surface area contributed by atoms with Crippen LogP contribution in [0.5, 0.6) is 0 Å². The number of nitrogens with one attached hydrogen (secondary N) is 2. The van der Waals surface area contributed by atoms with E-state index in [1.807, 2.05) is 20.8 Å². The Hall–Kier alpha value is -3.38. The third-order valence-corrected chi connectivity index (χ3v) is 9.44. The molecule has 2 N–H and O–H groups in total. The highest BCUT2D eigenvalue weighted by Crippen LogP contribution is 2.38. The first-order valence-electron chi connectivity index (χ1n) is 15.7. The van der Waals surface area contributed by atoms with Crippen molar-refractivity contribution in [3.05, 3.63) is 41.7 Å². The van der Waals surface area contributed by atoms with Gasteiger partial charge in [0.2, 0.25) is 0 Å². The third-order valence-electron chi connectivity index (χ3n) is 9.44. The van der Waals surface area contributed by atoms with Crippen molar-refractivity contribution in [1.29, 1.82) is 5.26 Å². The molecule has 1 aliphatic carbocycles. The van der Waals surface area contributed by atoms with Gasteiger partial charge < -0.3 is 25.2 Å². The number of aromatic nitrogens is 2. The van der Waals surface area contributed by atoms with Crippen LogP contribution in [0.4, 0.5) is 22.1 Å². The molecule has 0 spiro atoms. The summed E-state index contributed by atoms with van der Waals surface area (Å²) in [6, 6.07) is 11.5. The number of nitrogens with zero attached hydrogens (tertiary/aromatic N) is 5. The molecule has 3 fully saturated rings. The van der Waals surface area contributed by atoms with Gasteiger partial charge >= 0.3 is 6.09 Å². The number of hydrogen-bond acceptors (Lipinski definition) is 8. The number of anilines is 3.